The van der Waals surface area contributed by atoms with Gasteiger partial charge in [0.1, 0.15) is 5.75 Å². The maximum atomic E-state index is 10.3. The van der Waals surface area contributed by atoms with Crippen LogP contribution >= 0.6 is 7.82 Å². The number of hydrogen-bond donors (Lipinski definition) is 2. The molecule has 0 heterocycles. The van der Waals surface area contributed by atoms with Crippen molar-refractivity contribution in [1.29, 1.82) is 0 Å². The molecule has 0 spiro atoms. The number of para-hydroxylation sites is 1. The van der Waals surface area contributed by atoms with Crippen molar-refractivity contribution in [2.75, 3.05) is 0 Å². The topological polar surface area (TPSA) is 66.8 Å². The van der Waals surface area contributed by atoms with Crippen molar-refractivity contribution < 1.29 is 18.9 Å². The Kier molecular flexibility index (Phi) is 4.62. The van der Waals surface area contributed by atoms with Gasteiger partial charge >= 0.3 is 26.7 Å². The van der Waals surface area contributed by atoms with Crippen molar-refractivity contribution in [3.63, 3.8) is 0 Å². The number of phosphoric acid groups is 1. The summed E-state index contributed by atoms with van der Waals surface area (Å²) < 4.78 is 14.5. The van der Waals surface area contributed by atoms with Gasteiger partial charge in [-0.05, 0) is 12.1 Å². The van der Waals surface area contributed by atoms with Crippen LogP contribution in [0.1, 0.15) is 0 Å². The molecule has 0 aliphatic heterocycles. The van der Waals surface area contributed by atoms with E-state index in [1.54, 1.807) is 18.2 Å². The van der Waals surface area contributed by atoms with Gasteiger partial charge in [0.05, 0.1) is 0 Å². The molecule has 1 aromatic carbocycles. The second-order valence-electron chi connectivity index (χ2n) is 1.89. The minimum absolute atomic E-state index is 0. The Hall–Kier alpha value is -0.233. The fourth-order valence-electron chi connectivity index (χ4n) is 0.619. The standard InChI is InChI=1S/C6H7O4P.Li.H/c7-11(8,9)10-6-4-2-1-3-5-6;;/h1-5H,(H2,7,8,9);;. The third-order valence-corrected chi connectivity index (χ3v) is 1.42. The average Bonchev–Trinajstić information content (AvgIpc) is 1.85. The molecule has 4 nitrogen and oxygen atoms in total. The quantitative estimate of drug-likeness (QED) is 0.516. The Morgan fingerprint density at radius 2 is 1.67 bits per heavy atom. The van der Waals surface area contributed by atoms with Crippen molar-refractivity contribution >= 4 is 26.7 Å². The SMILES string of the molecule is O=P(O)(O)Oc1ccccc1.[LiH]. The van der Waals surface area contributed by atoms with E-state index < -0.39 is 7.82 Å². The Morgan fingerprint density at radius 1 is 1.17 bits per heavy atom. The summed E-state index contributed by atoms with van der Waals surface area (Å²) in [7, 11) is -4.39. The van der Waals surface area contributed by atoms with Crippen molar-refractivity contribution in [2.45, 2.75) is 0 Å². The first kappa shape index (κ1) is 11.8. The van der Waals surface area contributed by atoms with E-state index in [1.807, 2.05) is 0 Å². The van der Waals surface area contributed by atoms with E-state index >= 15 is 0 Å². The average molecular weight is 182 g/mol. The number of hydrogen-bond acceptors (Lipinski definition) is 2. The van der Waals surface area contributed by atoms with E-state index in [9.17, 15) is 4.57 Å². The molecule has 0 bridgehead atoms. The number of rotatable bonds is 2. The molecule has 0 aliphatic carbocycles. The zero-order chi connectivity index (χ0) is 8.32. The van der Waals surface area contributed by atoms with Gasteiger partial charge in [-0.2, -0.15) is 0 Å². The van der Waals surface area contributed by atoms with E-state index in [2.05, 4.69) is 4.52 Å². The van der Waals surface area contributed by atoms with E-state index in [-0.39, 0.29) is 24.6 Å². The summed E-state index contributed by atoms with van der Waals surface area (Å²) >= 11 is 0. The fourth-order valence-corrected chi connectivity index (χ4v) is 1.02. The third kappa shape index (κ3) is 4.61. The molecule has 6 heteroatoms. The molecule has 0 saturated carbocycles. The summed E-state index contributed by atoms with van der Waals surface area (Å²) in [6.45, 7) is 0. The van der Waals surface area contributed by atoms with Gasteiger partial charge in [-0.15, -0.1) is 0 Å². The van der Waals surface area contributed by atoms with E-state index in [0.29, 0.717) is 0 Å². The van der Waals surface area contributed by atoms with Crippen LogP contribution in [0.25, 0.3) is 0 Å². The molecule has 1 rings (SSSR count). The van der Waals surface area contributed by atoms with E-state index in [4.69, 9.17) is 9.79 Å². The molecule has 0 aliphatic rings. The molecule has 0 atom stereocenters. The molecule has 62 valence electrons. The van der Waals surface area contributed by atoms with Gasteiger partial charge < -0.3 is 4.52 Å². The molecule has 0 fully saturated rings. The van der Waals surface area contributed by atoms with Gasteiger partial charge in [0.25, 0.3) is 0 Å². The normalized spacial score (nSPS) is 10.2. The van der Waals surface area contributed by atoms with Crippen LogP contribution in [0.2, 0.25) is 0 Å². The summed E-state index contributed by atoms with van der Waals surface area (Å²) in [4.78, 5) is 16.7. The van der Waals surface area contributed by atoms with E-state index in [0.717, 1.165) is 0 Å². The predicted molar refractivity (Wildman–Crippen MR) is 46.3 cm³/mol. The first-order valence-corrected chi connectivity index (χ1v) is 4.41. The van der Waals surface area contributed by atoms with Gasteiger partial charge in [0, 0.05) is 0 Å². The van der Waals surface area contributed by atoms with Gasteiger partial charge in [0.15, 0.2) is 0 Å². The maximum absolute atomic E-state index is 10.3. The molecule has 2 N–H and O–H groups in total. The summed E-state index contributed by atoms with van der Waals surface area (Å²) in [6.07, 6.45) is 0. The van der Waals surface area contributed by atoms with Gasteiger partial charge in [-0.25, -0.2) is 4.57 Å². The Morgan fingerprint density at radius 3 is 2.08 bits per heavy atom. The van der Waals surface area contributed by atoms with Crippen LogP contribution in [0.3, 0.4) is 0 Å². The summed E-state index contributed by atoms with van der Waals surface area (Å²) in [5, 5.41) is 0. The molecule has 0 unspecified atom stereocenters. The molecule has 0 radical (unpaired) electrons. The molecule has 0 amide bonds. The van der Waals surface area contributed by atoms with Gasteiger partial charge in [0.2, 0.25) is 0 Å². The van der Waals surface area contributed by atoms with Gasteiger partial charge in [-0.1, -0.05) is 18.2 Å². The van der Waals surface area contributed by atoms with Crippen LogP contribution in [-0.4, -0.2) is 28.6 Å². The molecule has 0 saturated heterocycles. The molecule has 12 heavy (non-hydrogen) atoms. The van der Waals surface area contributed by atoms with Crippen LogP contribution in [0.5, 0.6) is 5.75 Å². The zero-order valence-electron chi connectivity index (χ0n) is 5.54. The second kappa shape index (κ2) is 4.71. The van der Waals surface area contributed by atoms with Gasteiger partial charge in [-0.3, -0.25) is 9.79 Å². The van der Waals surface area contributed by atoms with Crippen molar-refractivity contribution in [3.05, 3.63) is 30.3 Å². The Balaban J connectivity index is 0.00000121. The molecular weight excluding hydrogens is 174 g/mol. The summed E-state index contributed by atoms with van der Waals surface area (Å²) in [6, 6.07) is 7.93. The van der Waals surface area contributed by atoms with Crippen LogP contribution in [-0.2, 0) is 4.57 Å². The number of phosphoric ester groups is 1. The number of benzene rings is 1. The zero-order valence-corrected chi connectivity index (χ0v) is 6.44. The summed E-state index contributed by atoms with van der Waals surface area (Å²) in [5.74, 6) is 0.167. The molecule has 0 aromatic heterocycles. The van der Waals surface area contributed by atoms with Crippen molar-refractivity contribution in [1.82, 2.24) is 0 Å². The molecular formula is C6H8LiO4P. The third-order valence-electron chi connectivity index (χ3n) is 0.968. The Bertz CT molecular complexity index is 270. The summed E-state index contributed by atoms with van der Waals surface area (Å²) in [5.41, 5.74) is 0. The first-order chi connectivity index (χ1) is 5.08. The van der Waals surface area contributed by atoms with Crippen LogP contribution in [0, 0.1) is 0 Å². The van der Waals surface area contributed by atoms with Crippen LogP contribution in [0.4, 0.5) is 0 Å². The van der Waals surface area contributed by atoms with Crippen LogP contribution < -0.4 is 4.52 Å². The second-order valence-corrected chi connectivity index (χ2v) is 3.06. The predicted octanol–water partition coefficient (Wildman–Crippen LogP) is 0.510. The monoisotopic (exact) mass is 182 g/mol. The fraction of sp³-hybridized carbons (Fsp3) is 0. The minimum atomic E-state index is -4.39. The Labute approximate surface area is 82.0 Å². The first-order valence-electron chi connectivity index (χ1n) is 2.88. The van der Waals surface area contributed by atoms with Crippen LogP contribution in [0.15, 0.2) is 30.3 Å². The molecule has 1 aromatic rings. The van der Waals surface area contributed by atoms with E-state index in [1.165, 1.54) is 12.1 Å². The van der Waals surface area contributed by atoms with Crippen molar-refractivity contribution in [3.8, 4) is 5.75 Å². The van der Waals surface area contributed by atoms with Crippen molar-refractivity contribution in [2.24, 2.45) is 0 Å².